The first-order chi connectivity index (χ1) is 10.6. The molecule has 0 aliphatic carbocycles. The second-order valence-corrected chi connectivity index (χ2v) is 7.51. The van der Waals surface area contributed by atoms with E-state index in [-0.39, 0.29) is 40.6 Å². The van der Waals surface area contributed by atoms with Gasteiger partial charge < -0.3 is 0 Å². The molecule has 0 saturated carbocycles. The van der Waals surface area contributed by atoms with Crippen molar-refractivity contribution in [3.8, 4) is 0 Å². The third-order valence-electron chi connectivity index (χ3n) is 3.79. The van der Waals surface area contributed by atoms with E-state index >= 15 is 0 Å². The van der Waals surface area contributed by atoms with Gasteiger partial charge in [0.1, 0.15) is 0 Å². The van der Waals surface area contributed by atoms with Gasteiger partial charge in [-0.15, -0.1) is 0 Å². The van der Waals surface area contributed by atoms with Gasteiger partial charge in [-0.3, -0.25) is 4.18 Å². The molecule has 0 bridgehead atoms. The molecule has 1 unspecified atom stereocenters. The summed E-state index contributed by atoms with van der Waals surface area (Å²) in [5, 5.41) is 0. The van der Waals surface area contributed by atoms with Gasteiger partial charge in [0.25, 0.3) is 10.1 Å². The SMILES string of the molecule is CCCCCCCCCCC(C)OS(=O)(=O)c1ccccc1.[Na]. The van der Waals surface area contributed by atoms with Gasteiger partial charge in [0.05, 0.1) is 11.0 Å². The zero-order chi connectivity index (χ0) is 16.3. The average Bonchev–Trinajstić information content (AvgIpc) is 2.50. The van der Waals surface area contributed by atoms with Crippen LogP contribution in [0.25, 0.3) is 0 Å². The number of rotatable bonds is 12. The van der Waals surface area contributed by atoms with Crippen LogP contribution in [-0.4, -0.2) is 44.1 Å². The quantitative estimate of drug-likeness (QED) is 0.305. The topological polar surface area (TPSA) is 43.4 Å². The van der Waals surface area contributed by atoms with Gasteiger partial charge in [0, 0.05) is 29.6 Å². The van der Waals surface area contributed by atoms with Gasteiger partial charge in [-0.05, 0) is 25.5 Å². The van der Waals surface area contributed by atoms with Crippen molar-refractivity contribution in [3.63, 3.8) is 0 Å². The Bertz CT molecular complexity index is 488. The van der Waals surface area contributed by atoms with E-state index < -0.39 is 10.1 Å². The Morgan fingerprint density at radius 2 is 1.43 bits per heavy atom. The van der Waals surface area contributed by atoms with Crippen molar-refractivity contribution in [2.24, 2.45) is 0 Å². The minimum Gasteiger partial charge on any atom is -0.263 e. The molecule has 3 nitrogen and oxygen atoms in total. The number of hydrogen-bond acceptors (Lipinski definition) is 3. The second kappa shape index (κ2) is 13.4. The third kappa shape index (κ3) is 10.6. The summed E-state index contributed by atoms with van der Waals surface area (Å²) in [6, 6.07) is 8.35. The maximum atomic E-state index is 12.1. The third-order valence-corrected chi connectivity index (χ3v) is 5.22. The van der Waals surface area contributed by atoms with Crippen LogP contribution in [0.15, 0.2) is 35.2 Å². The van der Waals surface area contributed by atoms with Crippen molar-refractivity contribution in [1.82, 2.24) is 0 Å². The largest absolute Gasteiger partial charge is 0.297 e. The van der Waals surface area contributed by atoms with E-state index in [1.54, 1.807) is 30.3 Å². The molecular formula is C18H30NaO3S. The molecule has 0 heterocycles. The first kappa shape index (κ1) is 23.1. The van der Waals surface area contributed by atoms with Crippen LogP contribution >= 0.6 is 0 Å². The van der Waals surface area contributed by atoms with Crippen LogP contribution in [0.5, 0.6) is 0 Å². The summed E-state index contributed by atoms with van der Waals surface area (Å²) >= 11 is 0. The van der Waals surface area contributed by atoms with E-state index in [0.717, 1.165) is 19.3 Å². The summed E-state index contributed by atoms with van der Waals surface area (Å²) in [6.45, 7) is 4.06. The Labute approximate surface area is 164 Å². The van der Waals surface area contributed by atoms with Crippen LogP contribution in [-0.2, 0) is 14.3 Å². The summed E-state index contributed by atoms with van der Waals surface area (Å²) in [7, 11) is -3.62. The Morgan fingerprint density at radius 1 is 0.913 bits per heavy atom. The van der Waals surface area contributed by atoms with E-state index in [1.165, 1.54) is 38.5 Å². The van der Waals surface area contributed by atoms with Gasteiger partial charge in [0.15, 0.2) is 0 Å². The van der Waals surface area contributed by atoms with Gasteiger partial charge >= 0.3 is 0 Å². The molecule has 1 rings (SSSR count). The maximum Gasteiger partial charge on any atom is 0.297 e. The van der Waals surface area contributed by atoms with Crippen molar-refractivity contribution >= 4 is 39.7 Å². The van der Waals surface area contributed by atoms with Crippen LogP contribution < -0.4 is 0 Å². The van der Waals surface area contributed by atoms with E-state index in [9.17, 15) is 8.42 Å². The molecule has 127 valence electrons. The Hall–Kier alpha value is 0.130. The summed E-state index contributed by atoms with van der Waals surface area (Å²) in [4.78, 5) is 0.234. The summed E-state index contributed by atoms with van der Waals surface area (Å²) < 4.78 is 29.4. The van der Waals surface area contributed by atoms with Crippen molar-refractivity contribution < 1.29 is 12.6 Å². The van der Waals surface area contributed by atoms with E-state index in [0.29, 0.717) is 0 Å². The molecule has 0 aliphatic heterocycles. The Balaban J connectivity index is 0.00000484. The molecule has 0 amide bonds. The molecule has 1 aromatic carbocycles. The monoisotopic (exact) mass is 349 g/mol. The summed E-state index contributed by atoms with van der Waals surface area (Å²) in [5.74, 6) is 0. The fourth-order valence-corrected chi connectivity index (χ4v) is 3.60. The molecule has 0 aliphatic rings. The first-order valence-electron chi connectivity index (χ1n) is 8.54. The summed E-state index contributed by atoms with van der Waals surface area (Å²) in [6.07, 6.45) is 10.5. The molecule has 1 atom stereocenters. The average molecular weight is 349 g/mol. The van der Waals surface area contributed by atoms with Crippen LogP contribution in [0.3, 0.4) is 0 Å². The molecule has 0 N–H and O–H groups in total. The Kier molecular flexibility index (Phi) is 13.5. The van der Waals surface area contributed by atoms with Gasteiger partial charge in [-0.1, -0.05) is 76.5 Å². The minimum atomic E-state index is -3.62. The van der Waals surface area contributed by atoms with Gasteiger partial charge in [-0.25, -0.2) is 0 Å². The van der Waals surface area contributed by atoms with Crippen molar-refractivity contribution in [3.05, 3.63) is 30.3 Å². The molecule has 1 aromatic rings. The predicted molar refractivity (Wildman–Crippen MR) is 97.2 cm³/mol. The molecule has 0 aromatic heterocycles. The molecule has 0 saturated heterocycles. The number of unbranched alkanes of at least 4 members (excludes halogenated alkanes) is 7. The molecular weight excluding hydrogens is 319 g/mol. The zero-order valence-corrected chi connectivity index (χ0v) is 17.8. The zero-order valence-electron chi connectivity index (χ0n) is 15.0. The molecule has 23 heavy (non-hydrogen) atoms. The second-order valence-electron chi connectivity index (χ2n) is 5.94. The van der Waals surface area contributed by atoms with Gasteiger partial charge in [-0.2, -0.15) is 8.42 Å². The Morgan fingerprint density at radius 3 is 2.00 bits per heavy atom. The van der Waals surface area contributed by atoms with Crippen LogP contribution in [0.1, 0.15) is 71.6 Å². The number of hydrogen-bond donors (Lipinski definition) is 0. The summed E-state index contributed by atoms with van der Waals surface area (Å²) in [5.41, 5.74) is 0. The number of benzene rings is 1. The van der Waals surface area contributed by atoms with E-state index in [1.807, 2.05) is 6.92 Å². The van der Waals surface area contributed by atoms with Crippen LogP contribution in [0.4, 0.5) is 0 Å². The molecule has 0 fully saturated rings. The van der Waals surface area contributed by atoms with Crippen molar-refractivity contribution in [2.75, 3.05) is 0 Å². The fraction of sp³-hybridized carbons (Fsp3) is 0.667. The maximum absolute atomic E-state index is 12.1. The molecule has 5 heteroatoms. The van der Waals surface area contributed by atoms with Crippen LogP contribution in [0.2, 0.25) is 0 Å². The minimum absolute atomic E-state index is 0. The standard InChI is InChI=1S/C18H30O3S.Na/c1-3-4-5-6-7-8-9-11-14-17(2)21-22(19,20)18-15-12-10-13-16-18;/h10,12-13,15-17H,3-9,11,14H2,1-2H3;. The molecule has 0 spiro atoms. The van der Waals surface area contributed by atoms with E-state index in [2.05, 4.69) is 6.92 Å². The predicted octanol–water partition coefficient (Wildman–Crippen LogP) is 4.93. The van der Waals surface area contributed by atoms with Crippen molar-refractivity contribution in [1.29, 1.82) is 0 Å². The smallest absolute Gasteiger partial charge is 0.263 e. The normalized spacial score (nSPS) is 12.6. The van der Waals surface area contributed by atoms with E-state index in [4.69, 9.17) is 4.18 Å². The first-order valence-corrected chi connectivity index (χ1v) is 9.95. The van der Waals surface area contributed by atoms with Crippen LogP contribution in [0, 0.1) is 0 Å². The van der Waals surface area contributed by atoms with Gasteiger partial charge in [0.2, 0.25) is 0 Å². The molecule has 1 radical (unpaired) electrons. The van der Waals surface area contributed by atoms with Crippen molar-refractivity contribution in [2.45, 2.75) is 82.6 Å². The fourth-order valence-electron chi connectivity index (χ4n) is 2.47.